The van der Waals surface area contributed by atoms with Gasteiger partial charge in [0.15, 0.2) is 0 Å². The van der Waals surface area contributed by atoms with Crippen molar-refractivity contribution in [1.29, 1.82) is 0 Å². The minimum Gasteiger partial charge on any atom is -0.313 e. The summed E-state index contributed by atoms with van der Waals surface area (Å²) in [5.41, 5.74) is 0. The third-order valence-corrected chi connectivity index (χ3v) is 4.58. The van der Waals surface area contributed by atoms with Gasteiger partial charge < -0.3 is 5.32 Å². The molecule has 0 aromatic rings. The molecule has 0 spiro atoms. The summed E-state index contributed by atoms with van der Waals surface area (Å²) in [4.78, 5) is 2.63. The van der Waals surface area contributed by atoms with E-state index >= 15 is 0 Å². The highest BCUT2D eigenvalue weighted by atomic mass is 15.2. The molecule has 1 rings (SSSR count). The molecule has 1 N–H and O–H groups in total. The van der Waals surface area contributed by atoms with Gasteiger partial charge in [0.05, 0.1) is 0 Å². The first-order valence-corrected chi connectivity index (χ1v) is 7.53. The zero-order valence-corrected chi connectivity index (χ0v) is 12.5. The first kappa shape index (κ1) is 15.0. The Bertz CT molecular complexity index is 203. The summed E-state index contributed by atoms with van der Waals surface area (Å²) >= 11 is 0. The molecular weight excluding hydrogens is 208 g/mol. The maximum atomic E-state index is 3.71. The Labute approximate surface area is 108 Å². The highest BCUT2D eigenvalue weighted by Gasteiger charge is 2.29. The van der Waals surface area contributed by atoms with Crippen LogP contribution in [0.3, 0.4) is 0 Å². The smallest absolute Gasteiger partial charge is 0.0249 e. The standard InChI is InChI=1S/C15H32N2/c1-6-16-14-10-8-7-9-11-15(14)17(5)13(4)12(2)3/h12-16H,6-11H2,1-5H3. The molecule has 1 aliphatic rings. The quantitative estimate of drug-likeness (QED) is 0.742. The molecule has 0 aromatic carbocycles. The fraction of sp³-hybridized carbons (Fsp3) is 1.00. The first-order valence-electron chi connectivity index (χ1n) is 7.53. The summed E-state index contributed by atoms with van der Waals surface area (Å²) in [6, 6.07) is 2.11. The molecule has 1 aliphatic carbocycles. The fourth-order valence-electron chi connectivity index (χ4n) is 3.05. The van der Waals surface area contributed by atoms with Gasteiger partial charge in [-0.2, -0.15) is 0 Å². The summed E-state index contributed by atoms with van der Waals surface area (Å²) < 4.78 is 0. The highest BCUT2D eigenvalue weighted by molar-refractivity contribution is 4.88. The Hall–Kier alpha value is -0.0800. The van der Waals surface area contributed by atoms with Crippen LogP contribution in [-0.4, -0.2) is 36.6 Å². The van der Waals surface area contributed by atoms with Crippen molar-refractivity contribution in [3.63, 3.8) is 0 Å². The lowest BCUT2D eigenvalue weighted by Crippen LogP contribution is -2.52. The van der Waals surface area contributed by atoms with Crippen LogP contribution in [0.1, 0.15) is 59.8 Å². The van der Waals surface area contributed by atoms with Crippen LogP contribution in [0.15, 0.2) is 0 Å². The molecule has 1 fully saturated rings. The van der Waals surface area contributed by atoms with Gasteiger partial charge in [0.25, 0.3) is 0 Å². The molecular formula is C15H32N2. The third-order valence-electron chi connectivity index (χ3n) is 4.58. The van der Waals surface area contributed by atoms with E-state index in [1.165, 1.54) is 32.1 Å². The molecule has 0 bridgehead atoms. The van der Waals surface area contributed by atoms with Gasteiger partial charge >= 0.3 is 0 Å². The Morgan fingerprint density at radius 3 is 2.35 bits per heavy atom. The number of hydrogen-bond acceptors (Lipinski definition) is 2. The molecule has 17 heavy (non-hydrogen) atoms. The van der Waals surface area contributed by atoms with Gasteiger partial charge in [-0.15, -0.1) is 0 Å². The average Bonchev–Trinajstić information content (AvgIpc) is 2.53. The molecule has 0 aliphatic heterocycles. The molecule has 1 saturated carbocycles. The summed E-state index contributed by atoms with van der Waals surface area (Å²) in [5, 5.41) is 3.71. The Balaban J connectivity index is 2.67. The summed E-state index contributed by atoms with van der Waals surface area (Å²) in [7, 11) is 2.32. The van der Waals surface area contributed by atoms with E-state index in [-0.39, 0.29) is 0 Å². The number of nitrogens with one attached hydrogen (secondary N) is 1. The van der Waals surface area contributed by atoms with E-state index in [1.54, 1.807) is 0 Å². The lowest BCUT2D eigenvalue weighted by molar-refractivity contribution is 0.113. The fourth-order valence-corrected chi connectivity index (χ4v) is 3.05. The Morgan fingerprint density at radius 2 is 1.76 bits per heavy atom. The SMILES string of the molecule is CCNC1CCCCCC1N(C)C(C)C(C)C. The second-order valence-corrected chi connectivity index (χ2v) is 6.02. The van der Waals surface area contributed by atoms with Crippen LogP contribution >= 0.6 is 0 Å². The van der Waals surface area contributed by atoms with E-state index < -0.39 is 0 Å². The minimum absolute atomic E-state index is 0.680. The largest absolute Gasteiger partial charge is 0.313 e. The molecule has 0 heterocycles. The van der Waals surface area contributed by atoms with Gasteiger partial charge in [0, 0.05) is 18.1 Å². The van der Waals surface area contributed by atoms with Crippen LogP contribution in [0.2, 0.25) is 0 Å². The van der Waals surface area contributed by atoms with Crippen molar-refractivity contribution in [2.45, 2.75) is 77.9 Å². The molecule has 0 aromatic heterocycles. The van der Waals surface area contributed by atoms with E-state index in [0.717, 1.165) is 18.5 Å². The van der Waals surface area contributed by atoms with Gasteiger partial charge in [-0.25, -0.2) is 0 Å². The van der Waals surface area contributed by atoms with Crippen molar-refractivity contribution in [1.82, 2.24) is 10.2 Å². The predicted octanol–water partition coefficient (Wildman–Crippen LogP) is 3.27. The van der Waals surface area contributed by atoms with E-state index in [0.29, 0.717) is 12.1 Å². The minimum atomic E-state index is 0.680. The van der Waals surface area contributed by atoms with E-state index in [1.807, 2.05) is 0 Å². The zero-order valence-electron chi connectivity index (χ0n) is 12.5. The van der Waals surface area contributed by atoms with Crippen LogP contribution < -0.4 is 5.32 Å². The third kappa shape index (κ3) is 4.26. The van der Waals surface area contributed by atoms with Crippen LogP contribution in [0.25, 0.3) is 0 Å². The molecule has 3 atom stereocenters. The van der Waals surface area contributed by atoms with Crippen molar-refractivity contribution in [2.24, 2.45) is 5.92 Å². The maximum absolute atomic E-state index is 3.71. The summed E-state index contributed by atoms with van der Waals surface area (Å²) in [6.45, 7) is 10.4. The molecule has 0 radical (unpaired) electrons. The molecule has 0 saturated heterocycles. The Morgan fingerprint density at radius 1 is 1.12 bits per heavy atom. The summed E-state index contributed by atoms with van der Waals surface area (Å²) in [5.74, 6) is 0.741. The summed E-state index contributed by atoms with van der Waals surface area (Å²) in [6.07, 6.45) is 6.95. The first-order chi connectivity index (χ1) is 8.07. The highest BCUT2D eigenvalue weighted by Crippen LogP contribution is 2.24. The normalized spacial score (nSPS) is 28.4. The van der Waals surface area contributed by atoms with Gasteiger partial charge in [0.1, 0.15) is 0 Å². The zero-order chi connectivity index (χ0) is 12.8. The van der Waals surface area contributed by atoms with Crippen molar-refractivity contribution in [3.8, 4) is 0 Å². The van der Waals surface area contributed by atoms with Gasteiger partial charge in [-0.3, -0.25) is 4.90 Å². The van der Waals surface area contributed by atoms with Crippen molar-refractivity contribution >= 4 is 0 Å². The number of nitrogens with zero attached hydrogens (tertiary/aromatic N) is 1. The van der Waals surface area contributed by atoms with Gasteiger partial charge in [0.2, 0.25) is 0 Å². The van der Waals surface area contributed by atoms with Crippen molar-refractivity contribution < 1.29 is 0 Å². The van der Waals surface area contributed by atoms with Crippen LogP contribution in [0, 0.1) is 5.92 Å². The number of rotatable bonds is 5. The van der Waals surface area contributed by atoms with Gasteiger partial charge in [-0.05, 0) is 39.3 Å². The molecule has 0 amide bonds. The average molecular weight is 240 g/mol. The lowest BCUT2D eigenvalue weighted by Gasteiger charge is -2.39. The van der Waals surface area contributed by atoms with Gasteiger partial charge in [-0.1, -0.05) is 40.0 Å². The number of hydrogen-bond donors (Lipinski definition) is 1. The molecule has 2 heteroatoms. The molecule has 102 valence electrons. The van der Waals surface area contributed by atoms with E-state index in [9.17, 15) is 0 Å². The number of likely N-dealkylation sites (N-methyl/N-ethyl adjacent to an activating group) is 2. The molecule has 2 nitrogen and oxygen atoms in total. The predicted molar refractivity (Wildman–Crippen MR) is 76.4 cm³/mol. The van der Waals surface area contributed by atoms with Crippen molar-refractivity contribution in [2.75, 3.05) is 13.6 Å². The second-order valence-electron chi connectivity index (χ2n) is 6.02. The van der Waals surface area contributed by atoms with E-state index in [4.69, 9.17) is 0 Å². The van der Waals surface area contributed by atoms with Crippen LogP contribution in [0.4, 0.5) is 0 Å². The topological polar surface area (TPSA) is 15.3 Å². The maximum Gasteiger partial charge on any atom is 0.0249 e. The Kier molecular flexibility index (Phi) is 6.50. The van der Waals surface area contributed by atoms with Crippen LogP contribution in [-0.2, 0) is 0 Å². The second kappa shape index (κ2) is 7.38. The van der Waals surface area contributed by atoms with Crippen molar-refractivity contribution in [3.05, 3.63) is 0 Å². The monoisotopic (exact) mass is 240 g/mol. The lowest BCUT2D eigenvalue weighted by atomic mass is 9.96. The van der Waals surface area contributed by atoms with E-state index in [2.05, 4.69) is 45.0 Å². The molecule has 3 unspecified atom stereocenters. The van der Waals surface area contributed by atoms with Crippen LogP contribution in [0.5, 0.6) is 0 Å².